The van der Waals surface area contributed by atoms with Gasteiger partial charge in [-0.3, -0.25) is 14.5 Å². The van der Waals surface area contributed by atoms with E-state index in [4.69, 9.17) is 0 Å². The highest BCUT2D eigenvalue weighted by molar-refractivity contribution is 6.04. The molecular formula is C11H20N2O3. The number of hydrogen-bond acceptors (Lipinski definition) is 4. The Morgan fingerprint density at radius 2 is 1.81 bits per heavy atom. The second-order valence-corrected chi connectivity index (χ2v) is 4.33. The van der Waals surface area contributed by atoms with E-state index in [-0.39, 0.29) is 30.2 Å². The van der Waals surface area contributed by atoms with Crippen molar-refractivity contribution < 1.29 is 14.7 Å². The van der Waals surface area contributed by atoms with Crippen LogP contribution in [0.3, 0.4) is 0 Å². The first kappa shape index (κ1) is 13.1. The number of nitrogens with one attached hydrogen (secondary N) is 1. The Morgan fingerprint density at radius 3 is 2.25 bits per heavy atom. The number of β-amino-alcohol motifs (C(OH)–C–C–N with tert-alkyl or cyclic N) is 1. The Balaban J connectivity index is 2.54. The highest BCUT2D eigenvalue weighted by Gasteiger charge is 2.42. The Labute approximate surface area is 95.8 Å². The molecule has 2 amide bonds. The van der Waals surface area contributed by atoms with Crippen molar-refractivity contribution >= 4 is 11.8 Å². The van der Waals surface area contributed by atoms with E-state index >= 15 is 0 Å². The lowest BCUT2D eigenvalue weighted by atomic mass is 10.00. The Bertz CT molecular complexity index is 260. The average molecular weight is 228 g/mol. The van der Waals surface area contributed by atoms with Gasteiger partial charge in [0.05, 0.1) is 12.6 Å². The molecule has 0 radical (unpaired) electrons. The van der Waals surface area contributed by atoms with Crippen LogP contribution in [0.15, 0.2) is 0 Å². The molecule has 16 heavy (non-hydrogen) atoms. The maximum atomic E-state index is 11.7. The van der Waals surface area contributed by atoms with E-state index in [1.807, 2.05) is 6.92 Å². The van der Waals surface area contributed by atoms with Crippen molar-refractivity contribution in [3.63, 3.8) is 0 Å². The predicted molar refractivity (Wildman–Crippen MR) is 59.6 cm³/mol. The van der Waals surface area contributed by atoms with E-state index in [9.17, 15) is 14.7 Å². The summed E-state index contributed by atoms with van der Waals surface area (Å²) in [5, 5.41) is 12.6. The van der Waals surface area contributed by atoms with Crippen molar-refractivity contribution in [1.82, 2.24) is 10.2 Å². The first-order chi connectivity index (χ1) is 7.49. The molecule has 1 rings (SSSR count). The fourth-order valence-corrected chi connectivity index (χ4v) is 1.79. The largest absolute Gasteiger partial charge is 0.390 e. The summed E-state index contributed by atoms with van der Waals surface area (Å²) in [6, 6.07) is 0. The highest BCUT2D eigenvalue weighted by atomic mass is 16.3. The normalized spacial score (nSPS) is 27.6. The molecule has 3 atom stereocenters. The van der Waals surface area contributed by atoms with Gasteiger partial charge in [-0.25, -0.2) is 0 Å². The summed E-state index contributed by atoms with van der Waals surface area (Å²) in [5.41, 5.74) is 0. The third-order valence-electron chi connectivity index (χ3n) is 3.08. The third kappa shape index (κ3) is 2.59. The van der Waals surface area contributed by atoms with Gasteiger partial charge < -0.3 is 10.4 Å². The van der Waals surface area contributed by atoms with Crippen LogP contribution in [0.1, 0.15) is 20.8 Å². The molecule has 3 unspecified atom stereocenters. The fraction of sp³-hybridized carbons (Fsp3) is 0.818. The smallest absolute Gasteiger partial charge is 0.232 e. The number of imide groups is 1. The zero-order valence-corrected chi connectivity index (χ0v) is 10.1. The second kappa shape index (κ2) is 5.41. The maximum absolute atomic E-state index is 11.7. The lowest BCUT2D eigenvalue weighted by Gasteiger charge is -2.19. The van der Waals surface area contributed by atoms with Crippen LogP contribution >= 0.6 is 0 Å². The van der Waals surface area contributed by atoms with E-state index in [1.165, 1.54) is 4.90 Å². The molecule has 0 bridgehead atoms. The van der Waals surface area contributed by atoms with Crippen LogP contribution in [-0.2, 0) is 9.59 Å². The number of likely N-dealkylation sites (N-methyl/N-ethyl adjacent to an activating group) is 1. The maximum Gasteiger partial charge on any atom is 0.232 e. The summed E-state index contributed by atoms with van der Waals surface area (Å²) in [4.78, 5) is 24.6. The molecule has 1 aliphatic heterocycles. The Morgan fingerprint density at radius 1 is 1.31 bits per heavy atom. The van der Waals surface area contributed by atoms with Crippen molar-refractivity contribution in [2.75, 3.05) is 19.6 Å². The van der Waals surface area contributed by atoms with Gasteiger partial charge in [0.15, 0.2) is 0 Å². The molecule has 1 heterocycles. The quantitative estimate of drug-likeness (QED) is 0.628. The molecular weight excluding hydrogens is 208 g/mol. The summed E-state index contributed by atoms with van der Waals surface area (Å²) in [6.45, 7) is 6.69. The molecule has 1 aliphatic rings. The molecule has 0 aromatic rings. The zero-order chi connectivity index (χ0) is 12.3. The Kier molecular flexibility index (Phi) is 4.44. The molecule has 0 saturated carbocycles. The standard InChI is InChI=1S/C11H20N2O3/c1-4-12-5-9(14)6-13-10(15)7(2)8(3)11(13)16/h7-9,12,14H,4-6H2,1-3H3. The number of hydrogen-bond donors (Lipinski definition) is 2. The van der Waals surface area contributed by atoms with Crippen molar-refractivity contribution in [2.24, 2.45) is 11.8 Å². The lowest BCUT2D eigenvalue weighted by molar-refractivity contribution is -0.141. The minimum absolute atomic E-state index is 0.0966. The van der Waals surface area contributed by atoms with Crippen molar-refractivity contribution in [3.05, 3.63) is 0 Å². The zero-order valence-electron chi connectivity index (χ0n) is 10.1. The molecule has 1 saturated heterocycles. The number of aliphatic hydroxyl groups is 1. The van der Waals surface area contributed by atoms with Crippen molar-refractivity contribution in [2.45, 2.75) is 26.9 Å². The Hall–Kier alpha value is -0.940. The van der Waals surface area contributed by atoms with Crippen molar-refractivity contribution in [1.29, 1.82) is 0 Å². The number of carbonyl (C=O) groups is 2. The van der Waals surface area contributed by atoms with E-state index in [2.05, 4.69) is 5.32 Å². The molecule has 5 heteroatoms. The molecule has 1 fully saturated rings. The van der Waals surface area contributed by atoms with E-state index in [1.54, 1.807) is 13.8 Å². The number of amides is 2. The van der Waals surface area contributed by atoms with E-state index in [0.717, 1.165) is 6.54 Å². The number of likely N-dealkylation sites (tertiary alicyclic amines) is 1. The lowest BCUT2D eigenvalue weighted by Crippen LogP contribution is -2.41. The minimum Gasteiger partial charge on any atom is -0.390 e. The van der Waals surface area contributed by atoms with Crippen LogP contribution in [0.25, 0.3) is 0 Å². The number of aliphatic hydroxyl groups excluding tert-OH is 1. The minimum atomic E-state index is -0.689. The van der Waals surface area contributed by atoms with Gasteiger partial charge in [0, 0.05) is 18.4 Å². The predicted octanol–water partition coefficient (Wildman–Crippen LogP) is -0.402. The van der Waals surface area contributed by atoms with Crippen molar-refractivity contribution in [3.8, 4) is 0 Å². The van der Waals surface area contributed by atoms with Crippen LogP contribution in [0.5, 0.6) is 0 Å². The number of carbonyl (C=O) groups excluding carboxylic acids is 2. The van der Waals surface area contributed by atoms with E-state index < -0.39 is 6.10 Å². The number of rotatable bonds is 5. The van der Waals surface area contributed by atoms with Crippen LogP contribution in [0.4, 0.5) is 0 Å². The third-order valence-corrected chi connectivity index (χ3v) is 3.08. The van der Waals surface area contributed by atoms with Gasteiger partial charge in [-0.1, -0.05) is 20.8 Å². The SMILES string of the molecule is CCNCC(O)CN1C(=O)C(C)C(C)C1=O. The van der Waals surface area contributed by atoms with Gasteiger partial charge in [0.25, 0.3) is 0 Å². The van der Waals surface area contributed by atoms with Gasteiger partial charge in [0.2, 0.25) is 11.8 Å². The molecule has 2 N–H and O–H groups in total. The second-order valence-electron chi connectivity index (χ2n) is 4.33. The van der Waals surface area contributed by atoms with Crippen LogP contribution < -0.4 is 5.32 Å². The average Bonchev–Trinajstić information content (AvgIpc) is 2.44. The van der Waals surface area contributed by atoms with Gasteiger partial charge in [-0.2, -0.15) is 0 Å². The van der Waals surface area contributed by atoms with Crippen LogP contribution in [-0.4, -0.2) is 47.6 Å². The van der Waals surface area contributed by atoms with Crippen LogP contribution in [0, 0.1) is 11.8 Å². The molecule has 0 aromatic carbocycles. The van der Waals surface area contributed by atoms with Crippen LogP contribution in [0.2, 0.25) is 0 Å². The van der Waals surface area contributed by atoms with E-state index in [0.29, 0.717) is 6.54 Å². The number of nitrogens with zero attached hydrogens (tertiary/aromatic N) is 1. The van der Waals surface area contributed by atoms with Gasteiger partial charge in [-0.15, -0.1) is 0 Å². The first-order valence-electron chi connectivity index (χ1n) is 5.73. The monoisotopic (exact) mass is 228 g/mol. The molecule has 5 nitrogen and oxygen atoms in total. The molecule has 92 valence electrons. The summed E-state index contributed by atoms with van der Waals surface area (Å²) >= 11 is 0. The summed E-state index contributed by atoms with van der Waals surface area (Å²) in [5.74, 6) is -0.876. The highest BCUT2D eigenvalue weighted by Crippen LogP contribution is 2.25. The molecule has 0 spiro atoms. The summed E-state index contributed by atoms with van der Waals surface area (Å²) in [7, 11) is 0. The van der Waals surface area contributed by atoms with Gasteiger partial charge in [-0.05, 0) is 6.54 Å². The fourth-order valence-electron chi connectivity index (χ4n) is 1.79. The topological polar surface area (TPSA) is 69.6 Å². The van der Waals surface area contributed by atoms with Gasteiger partial charge >= 0.3 is 0 Å². The summed E-state index contributed by atoms with van der Waals surface area (Å²) < 4.78 is 0. The van der Waals surface area contributed by atoms with Gasteiger partial charge in [0.1, 0.15) is 0 Å². The molecule has 0 aliphatic carbocycles. The first-order valence-corrected chi connectivity index (χ1v) is 5.73. The molecule has 0 aromatic heterocycles. The summed E-state index contributed by atoms with van der Waals surface area (Å²) in [6.07, 6.45) is -0.689.